The molecule has 3 aromatic rings. The maximum atomic E-state index is 5.99. The Morgan fingerprint density at radius 3 is 2.56 bits per heavy atom. The van der Waals surface area contributed by atoms with Gasteiger partial charge in [0.25, 0.3) is 5.89 Å². The number of hydrogen-bond donors (Lipinski definition) is 0. The molecule has 7 nitrogen and oxygen atoms in total. The standard InChI is InChI=1S/C25H33N5O2/c1-3-4-5-6-23-26-25(32-29-23)21-8-10-22(11-9-21)31-18-15-20-13-16-30(17-14-20)24-12-7-19(2)27-28-24/h7-12,20H,3-6,13-18H2,1-2H3. The first-order valence-corrected chi connectivity index (χ1v) is 11.8. The Kier molecular flexibility index (Phi) is 7.69. The fraction of sp³-hybridized carbons (Fsp3) is 0.520. The molecule has 0 radical (unpaired) electrons. The molecular formula is C25H33N5O2. The zero-order valence-corrected chi connectivity index (χ0v) is 19.2. The highest BCUT2D eigenvalue weighted by molar-refractivity contribution is 5.54. The maximum Gasteiger partial charge on any atom is 0.257 e. The molecule has 2 aromatic heterocycles. The summed E-state index contributed by atoms with van der Waals surface area (Å²) in [7, 11) is 0. The maximum absolute atomic E-state index is 5.99. The van der Waals surface area contributed by atoms with Crippen LogP contribution in [0.5, 0.6) is 5.75 Å². The van der Waals surface area contributed by atoms with E-state index in [0.29, 0.717) is 11.8 Å². The van der Waals surface area contributed by atoms with Gasteiger partial charge < -0.3 is 14.2 Å². The summed E-state index contributed by atoms with van der Waals surface area (Å²) in [5.74, 6) is 3.92. The van der Waals surface area contributed by atoms with Crippen molar-refractivity contribution in [2.45, 2.75) is 58.8 Å². The third-order valence-corrected chi connectivity index (χ3v) is 6.09. The van der Waals surface area contributed by atoms with Crippen molar-refractivity contribution >= 4 is 5.82 Å². The lowest BCUT2D eigenvalue weighted by Gasteiger charge is -2.32. The second-order valence-corrected chi connectivity index (χ2v) is 8.60. The second-order valence-electron chi connectivity index (χ2n) is 8.60. The number of benzene rings is 1. The van der Waals surface area contributed by atoms with Gasteiger partial charge in [-0.3, -0.25) is 0 Å². The summed E-state index contributed by atoms with van der Waals surface area (Å²) in [6, 6.07) is 12.0. The van der Waals surface area contributed by atoms with Crippen molar-refractivity contribution < 1.29 is 9.26 Å². The number of ether oxygens (including phenoxy) is 1. The molecule has 1 aliphatic heterocycles. The van der Waals surface area contributed by atoms with E-state index in [4.69, 9.17) is 9.26 Å². The molecule has 0 unspecified atom stereocenters. The minimum atomic E-state index is 0.577. The van der Waals surface area contributed by atoms with Gasteiger partial charge in [0.1, 0.15) is 5.75 Å². The van der Waals surface area contributed by atoms with Crippen molar-refractivity contribution in [3.8, 4) is 17.2 Å². The van der Waals surface area contributed by atoms with Gasteiger partial charge in [-0.1, -0.05) is 24.9 Å². The molecular weight excluding hydrogens is 402 g/mol. The van der Waals surface area contributed by atoms with Gasteiger partial charge in [0.2, 0.25) is 0 Å². The third-order valence-electron chi connectivity index (χ3n) is 6.09. The quantitative estimate of drug-likeness (QED) is 0.402. The molecule has 7 heteroatoms. The van der Waals surface area contributed by atoms with Gasteiger partial charge in [-0.2, -0.15) is 10.1 Å². The zero-order chi connectivity index (χ0) is 22.2. The Bertz CT molecular complexity index is 947. The van der Waals surface area contributed by atoms with Crippen LogP contribution in [0.2, 0.25) is 0 Å². The lowest BCUT2D eigenvalue weighted by atomic mass is 9.94. The molecule has 0 bridgehead atoms. The molecule has 32 heavy (non-hydrogen) atoms. The van der Waals surface area contributed by atoms with E-state index in [1.165, 1.54) is 12.8 Å². The fourth-order valence-corrected chi connectivity index (χ4v) is 4.05. The largest absolute Gasteiger partial charge is 0.494 e. The van der Waals surface area contributed by atoms with E-state index in [1.807, 2.05) is 37.3 Å². The molecule has 0 spiro atoms. The van der Waals surface area contributed by atoms with Crippen molar-refractivity contribution in [2.75, 3.05) is 24.6 Å². The molecule has 1 aromatic carbocycles. The molecule has 0 saturated carbocycles. The Morgan fingerprint density at radius 1 is 1.03 bits per heavy atom. The fourth-order valence-electron chi connectivity index (χ4n) is 4.05. The van der Waals surface area contributed by atoms with E-state index < -0.39 is 0 Å². The number of unbranched alkanes of at least 4 members (excludes halogenated alkanes) is 2. The Morgan fingerprint density at radius 2 is 1.84 bits per heavy atom. The van der Waals surface area contributed by atoms with Crippen molar-refractivity contribution in [1.29, 1.82) is 0 Å². The molecule has 170 valence electrons. The number of rotatable bonds is 10. The molecule has 0 aliphatic carbocycles. The van der Waals surface area contributed by atoms with E-state index in [0.717, 1.165) is 80.4 Å². The van der Waals surface area contributed by atoms with Crippen LogP contribution in [0.25, 0.3) is 11.5 Å². The molecule has 4 rings (SSSR count). The average molecular weight is 436 g/mol. The average Bonchev–Trinajstić information content (AvgIpc) is 3.30. The number of anilines is 1. The molecule has 1 saturated heterocycles. The van der Waals surface area contributed by atoms with Crippen LogP contribution >= 0.6 is 0 Å². The van der Waals surface area contributed by atoms with Crippen LogP contribution < -0.4 is 9.64 Å². The second kappa shape index (κ2) is 11.1. The normalized spacial score (nSPS) is 14.6. The summed E-state index contributed by atoms with van der Waals surface area (Å²) in [5, 5.41) is 12.6. The van der Waals surface area contributed by atoms with Gasteiger partial charge in [-0.15, -0.1) is 5.10 Å². The number of hydrogen-bond acceptors (Lipinski definition) is 7. The molecule has 0 N–H and O–H groups in total. The Labute approximate surface area is 190 Å². The van der Waals surface area contributed by atoms with Gasteiger partial charge >= 0.3 is 0 Å². The van der Waals surface area contributed by atoms with Gasteiger partial charge in [-0.25, -0.2) is 0 Å². The van der Waals surface area contributed by atoms with E-state index in [2.05, 4.69) is 38.2 Å². The number of nitrogens with zero attached hydrogens (tertiary/aromatic N) is 5. The monoisotopic (exact) mass is 435 g/mol. The molecule has 0 atom stereocenters. The first kappa shape index (κ1) is 22.2. The minimum absolute atomic E-state index is 0.577. The van der Waals surface area contributed by atoms with Crippen molar-refractivity contribution in [1.82, 2.24) is 20.3 Å². The SMILES string of the molecule is CCCCCc1noc(-c2ccc(OCCC3CCN(c4ccc(C)nn4)CC3)cc2)n1. The van der Waals surface area contributed by atoms with E-state index in [9.17, 15) is 0 Å². The Balaban J connectivity index is 1.19. The summed E-state index contributed by atoms with van der Waals surface area (Å²) in [6.07, 6.45) is 7.74. The van der Waals surface area contributed by atoms with Crippen LogP contribution in [0.15, 0.2) is 40.9 Å². The first-order chi connectivity index (χ1) is 15.7. The van der Waals surface area contributed by atoms with Crippen LogP contribution in [0.4, 0.5) is 5.82 Å². The molecule has 1 aliphatic rings. The third kappa shape index (κ3) is 6.05. The number of piperidine rings is 1. The van der Waals surface area contributed by atoms with Crippen LogP contribution in [0, 0.1) is 12.8 Å². The molecule has 0 amide bonds. The summed E-state index contributed by atoms with van der Waals surface area (Å²) in [5.41, 5.74) is 1.89. The lowest BCUT2D eigenvalue weighted by molar-refractivity contribution is 0.258. The Hall–Kier alpha value is -2.96. The molecule has 1 fully saturated rings. The summed E-state index contributed by atoms with van der Waals surface area (Å²) in [4.78, 5) is 6.84. The minimum Gasteiger partial charge on any atom is -0.494 e. The van der Waals surface area contributed by atoms with E-state index in [-0.39, 0.29) is 0 Å². The predicted molar refractivity (Wildman–Crippen MR) is 125 cm³/mol. The summed E-state index contributed by atoms with van der Waals surface area (Å²) < 4.78 is 11.4. The van der Waals surface area contributed by atoms with Crippen molar-refractivity contribution in [2.24, 2.45) is 5.92 Å². The zero-order valence-electron chi connectivity index (χ0n) is 19.2. The number of aromatic nitrogens is 4. The van der Waals surface area contributed by atoms with E-state index in [1.54, 1.807) is 0 Å². The van der Waals surface area contributed by atoms with Gasteiger partial charge in [0.05, 0.1) is 12.3 Å². The highest BCUT2D eigenvalue weighted by Gasteiger charge is 2.20. The van der Waals surface area contributed by atoms with Gasteiger partial charge in [0.15, 0.2) is 11.6 Å². The highest BCUT2D eigenvalue weighted by Crippen LogP contribution is 2.25. The van der Waals surface area contributed by atoms with E-state index >= 15 is 0 Å². The smallest absolute Gasteiger partial charge is 0.257 e. The van der Waals surface area contributed by atoms with Gasteiger partial charge in [0, 0.05) is 25.1 Å². The van der Waals surface area contributed by atoms with Crippen molar-refractivity contribution in [3.05, 3.63) is 47.9 Å². The van der Waals surface area contributed by atoms with Crippen LogP contribution in [0.1, 0.15) is 57.0 Å². The summed E-state index contributed by atoms with van der Waals surface area (Å²) >= 11 is 0. The number of aryl methyl sites for hydroxylation is 2. The highest BCUT2D eigenvalue weighted by atomic mass is 16.5. The van der Waals surface area contributed by atoms with Crippen LogP contribution in [0.3, 0.4) is 0 Å². The predicted octanol–water partition coefficient (Wildman–Crippen LogP) is 5.25. The van der Waals surface area contributed by atoms with Crippen molar-refractivity contribution in [3.63, 3.8) is 0 Å². The van der Waals surface area contributed by atoms with Crippen LogP contribution in [-0.2, 0) is 6.42 Å². The van der Waals surface area contributed by atoms with Gasteiger partial charge in [-0.05, 0) is 74.9 Å². The lowest BCUT2D eigenvalue weighted by Crippen LogP contribution is -2.34. The summed E-state index contributed by atoms with van der Waals surface area (Å²) in [6.45, 7) is 6.95. The van der Waals surface area contributed by atoms with Crippen LogP contribution in [-0.4, -0.2) is 40.0 Å². The molecule has 3 heterocycles. The first-order valence-electron chi connectivity index (χ1n) is 11.8. The topological polar surface area (TPSA) is 77.2 Å².